The van der Waals surface area contributed by atoms with Crippen LogP contribution in [-0.4, -0.2) is 30.5 Å². The van der Waals surface area contributed by atoms with Gasteiger partial charge in [0, 0.05) is 18.5 Å². The van der Waals surface area contributed by atoms with Crippen molar-refractivity contribution in [2.24, 2.45) is 4.99 Å². The third-order valence-electron chi connectivity index (χ3n) is 3.79. The highest BCUT2D eigenvalue weighted by Gasteiger charge is 2.14. The van der Waals surface area contributed by atoms with Gasteiger partial charge in [0.2, 0.25) is 5.91 Å². The zero-order valence-corrected chi connectivity index (χ0v) is 16.6. The minimum atomic E-state index is -0.274. The minimum Gasteiger partial charge on any atom is -0.469 e. The van der Waals surface area contributed by atoms with Crippen LogP contribution in [0.5, 0.6) is 0 Å². The monoisotopic (exact) mass is 370 g/mol. The first-order chi connectivity index (χ1) is 12.8. The molecule has 1 atom stereocenters. The van der Waals surface area contributed by atoms with Crippen LogP contribution in [0.1, 0.15) is 45.1 Å². The molecule has 146 valence electrons. The van der Waals surface area contributed by atoms with Crippen LogP contribution in [0.4, 0.5) is 0 Å². The second-order valence-electron chi connectivity index (χ2n) is 7.50. The number of carbonyl (C=O) groups excluding carboxylic acids is 1. The number of nitrogens with zero attached hydrogens (tertiary/aromatic N) is 1. The van der Waals surface area contributed by atoms with E-state index >= 15 is 0 Å². The molecular weight excluding hydrogens is 340 g/mol. The molecule has 0 radical (unpaired) electrons. The highest BCUT2D eigenvalue weighted by Crippen LogP contribution is 2.10. The number of hydrogen-bond donors (Lipinski definition) is 3. The van der Waals surface area contributed by atoms with Crippen LogP contribution in [-0.2, 0) is 11.2 Å². The molecule has 1 heterocycles. The van der Waals surface area contributed by atoms with Crippen molar-refractivity contribution >= 4 is 11.9 Å². The molecule has 6 nitrogen and oxygen atoms in total. The Morgan fingerprint density at radius 2 is 1.89 bits per heavy atom. The first kappa shape index (κ1) is 20.6. The van der Waals surface area contributed by atoms with Gasteiger partial charge < -0.3 is 20.4 Å². The molecule has 0 aliphatic rings. The lowest BCUT2D eigenvalue weighted by molar-refractivity contribution is -0.121. The lowest BCUT2D eigenvalue weighted by Gasteiger charge is -2.21. The summed E-state index contributed by atoms with van der Waals surface area (Å²) in [6.45, 7) is 8.64. The average molecular weight is 370 g/mol. The molecule has 1 amide bonds. The molecule has 0 bridgehead atoms. The summed E-state index contributed by atoms with van der Waals surface area (Å²) in [6, 6.07) is 14.0. The Bertz CT molecular complexity index is 718. The fraction of sp³-hybridized carbons (Fsp3) is 0.429. The van der Waals surface area contributed by atoms with Crippen LogP contribution in [0.2, 0.25) is 0 Å². The summed E-state index contributed by atoms with van der Waals surface area (Å²) in [4.78, 5) is 16.5. The zero-order valence-electron chi connectivity index (χ0n) is 16.6. The third kappa shape index (κ3) is 7.98. The van der Waals surface area contributed by atoms with Gasteiger partial charge >= 0.3 is 0 Å². The van der Waals surface area contributed by atoms with Crippen LogP contribution < -0.4 is 16.0 Å². The van der Waals surface area contributed by atoms with Crippen molar-refractivity contribution in [2.75, 3.05) is 13.1 Å². The van der Waals surface area contributed by atoms with E-state index in [1.165, 1.54) is 0 Å². The van der Waals surface area contributed by atoms with Gasteiger partial charge in [0.25, 0.3) is 0 Å². The van der Waals surface area contributed by atoms with Gasteiger partial charge in [-0.2, -0.15) is 0 Å². The van der Waals surface area contributed by atoms with E-state index in [-0.39, 0.29) is 24.0 Å². The maximum absolute atomic E-state index is 12.1. The smallest absolute Gasteiger partial charge is 0.242 e. The summed E-state index contributed by atoms with van der Waals surface area (Å²) in [7, 11) is 0. The van der Waals surface area contributed by atoms with Gasteiger partial charge in [-0.3, -0.25) is 4.79 Å². The molecule has 0 aliphatic carbocycles. The van der Waals surface area contributed by atoms with E-state index in [0.717, 1.165) is 17.7 Å². The number of nitrogens with one attached hydrogen (secondary N) is 3. The van der Waals surface area contributed by atoms with E-state index in [2.05, 4.69) is 40.0 Å². The normalized spacial score (nSPS) is 13.1. The third-order valence-corrected chi connectivity index (χ3v) is 3.79. The molecule has 0 fully saturated rings. The van der Waals surface area contributed by atoms with E-state index in [4.69, 9.17) is 4.42 Å². The first-order valence-corrected chi connectivity index (χ1v) is 9.27. The van der Waals surface area contributed by atoms with Crippen molar-refractivity contribution in [3.63, 3.8) is 0 Å². The van der Waals surface area contributed by atoms with E-state index in [9.17, 15) is 4.79 Å². The SMILES string of the molecule is CC(NC(=NCC(=O)NC(C)(C)C)NCCc1ccco1)c1ccccc1. The molecule has 6 heteroatoms. The fourth-order valence-electron chi connectivity index (χ4n) is 2.55. The van der Waals surface area contributed by atoms with Crippen molar-refractivity contribution in [3.8, 4) is 0 Å². The topological polar surface area (TPSA) is 78.7 Å². The second-order valence-corrected chi connectivity index (χ2v) is 7.50. The van der Waals surface area contributed by atoms with Gasteiger partial charge in [-0.05, 0) is 45.4 Å². The van der Waals surface area contributed by atoms with Crippen LogP contribution in [0.25, 0.3) is 0 Å². The molecule has 0 aliphatic heterocycles. The highest BCUT2D eigenvalue weighted by atomic mass is 16.3. The van der Waals surface area contributed by atoms with Crippen molar-refractivity contribution in [1.29, 1.82) is 0 Å². The Morgan fingerprint density at radius 1 is 1.15 bits per heavy atom. The summed E-state index contributed by atoms with van der Waals surface area (Å²) < 4.78 is 5.35. The summed E-state index contributed by atoms with van der Waals surface area (Å²) in [5.41, 5.74) is 0.877. The zero-order chi connectivity index (χ0) is 19.7. The van der Waals surface area contributed by atoms with Crippen molar-refractivity contribution < 1.29 is 9.21 Å². The van der Waals surface area contributed by atoms with E-state index in [0.29, 0.717) is 12.5 Å². The number of aliphatic imine (C=N–C) groups is 1. The Morgan fingerprint density at radius 3 is 2.52 bits per heavy atom. The number of benzene rings is 1. The Labute approximate surface area is 161 Å². The summed E-state index contributed by atoms with van der Waals surface area (Å²) >= 11 is 0. The number of rotatable bonds is 7. The average Bonchev–Trinajstić information content (AvgIpc) is 3.12. The van der Waals surface area contributed by atoms with Crippen molar-refractivity contribution in [1.82, 2.24) is 16.0 Å². The number of furan rings is 1. The van der Waals surface area contributed by atoms with Gasteiger partial charge in [-0.15, -0.1) is 0 Å². The summed E-state index contributed by atoms with van der Waals surface area (Å²) in [5, 5.41) is 9.56. The second kappa shape index (κ2) is 9.80. The summed E-state index contributed by atoms with van der Waals surface area (Å²) in [6.07, 6.45) is 2.40. The molecule has 2 rings (SSSR count). The predicted molar refractivity (Wildman–Crippen MR) is 109 cm³/mol. The Kier molecular flexibility index (Phi) is 7.46. The quantitative estimate of drug-likeness (QED) is 0.517. The summed E-state index contributed by atoms with van der Waals surface area (Å²) in [5.74, 6) is 1.40. The number of guanidine groups is 1. The van der Waals surface area contributed by atoms with Gasteiger partial charge in [0.1, 0.15) is 12.3 Å². The molecule has 27 heavy (non-hydrogen) atoms. The van der Waals surface area contributed by atoms with Crippen LogP contribution >= 0.6 is 0 Å². The van der Waals surface area contributed by atoms with Crippen LogP contribution in [0, 0.1) is 0 Å². The number of hydrogen-bond acceptors (Lipinski definition) is 3. The maximum Gasteiger partial charge on any atom is 0.242 e. The lowest BCUT2D eigenvalue weighted by atomic mass is 10.1. The Hall–Kier alpha value is -2.76. The van der Waals surface area contributed by atoms with Gasteiger partial charge in [-0.1, -0.05) is 30.3 Å². The standard InChI is InChI=1S/C21H30N4O2/c1-16(17-9-6-5-7-10-17)24-20(22-13-12-18-11-8-14-27-18)23-15-19(26)25-21(2,3)4/h5-11,14,16H,12-13,15H2,1-4H3,(H,25,26)(H2,22,23,24). The molecule has 1 unspecified atom stereocenters. The molecule has 2 aromatic rings. The lowest BCUT2D eigenvalue weighted by Crippen LogP contribution is -2.43. The van der Waals surface area contributed by atoms with Crippen molar-refractivity contribution in [3.05, 3.63) is 60.1 Å². The van der Waals surface area contributed by atoms with Gasteiger partial charge in [-0.25, -0.2) is 4.99 Å². The Balaban J connectivity index is 1.97. The van der Waals surface area contributed by atoms with Crippen LogP contribution in [0.15, 0.2) is 58.1 Å². The molecule has 1 aromatic carbocycles. The largest absolute Gasteiger partial charge is 0.469 e. The van der Waals surface area contributed by atoms with Gasteiger partial charge in [0.15, 0.2) is 5.96 Å². The van der Waals surface area contributed by atoms with Crippen molar-refractivity contribution in [2.45, 2.75) is 45.7 Å². The number of carbonyl (C=O) groups is 1. The van der Waals surface area contributed by atoms with E-state index in [1.54, 1.807) is 6.26 Å². The minimum absolute atomic E-state index is 0.0618. The van der Waals surface area contributed by atoms with E-state index < -0.39 is 0 Å². The molecular formula is C21H30N4O2. The molecule has 0 saturated heterocycles. The highest BCUT2D eigenvalue weighted by molar-refractivity contribution is 5.85. The molecule has 0 spiro atoms. The fourth-order valence-corrected chi connectivity index (χ4v) is 2.55. The molecule has 3 N–H and O–H groups in total. The van der Waals surface area contributed by atoms with E-state index in [1.807, 2.05) is 51.1 Å². The predicted octanol–water partition coefficient (Wildman–Crippen LogP) is 3.03. The van der Waals surface area contributed by atoms with Crippen LogP contribution in [0.3, 0.4) is 0 Å². The number of amides is 1. The molecule has 1 aromatic heterocycles. The first-order valence-electron chi connectivity index (χ1n) is 9.27. The maximum atomic E-state index is 12.1. The molecule has 0 saturated carbocycles. The van der Waals surface area contributed by atoms with Gasteiger partial charge in [0.05, 0.1) is 12.3 Å².